The predicted octanol–water partition coefficient (Wildman–Crippen LogP) is 1.57. The lowest BCUT2D eigenvalue weighted by Crippen LogP contribution is -2.39. The van der Waals surface area contributed by atoms with Crippen molar-refractivity contribution < 1.29 is 9.47 Å². The minimum atomic E-state index is -0.346. The summed E-state index contributed by atoms with van der Waals surface area (Å²) in [5.74, 6) is -0.346. The summed E-state index contributed by atoms with van der Waals surface area (Å²) < 4.78 is 11.2. The highest BCUT2D eigenvalue weighted by atomic mass is 127. The molecule has 0 N–H and O–H groups in total. The molecule has 0 aromatic rings. The van der Waals surface area contributed by atoms with Gasteiger partial charge in [-0.3, -0.25) is 0 Å². The van der Waals surface area contributed by atoms with Gasteiger partial charge in [-0.05, 0) is 13.8 Å². The molecule has 0 aromatic carbocycles. The fraction of sp³-hybridized carbons (Fsp3) is 1.00. The van der Waals surface area contributed by atoms with Crippen LogP contribution in [0.4, 0.5) is 0 Å². The first kappa shape index (κ1) is 7.75. The van der Waals surface area contributed by atoms with E-state index in [-0.39, 0.29) is 5.79 Å². The Morgan fingerprint density at radius 3 is 2.11 bits per heavy atom. The molecule has 0 amide bonds. The zero-order chi connectivity index (χ0) is 6.91. The number of rotatable bonds is 0. The summed E-state index contributed by atoms with van der Waals surface area (Å²) in [4.78, 5) is 0. The van der Waals surface area contributed by atoms with Gasteiger partial charge < -0.3 is 9.47 Å². The largest absolute Gasteiger partial charge is 0.349 e. The van der Waals surface area contributed by atoms with Crippen molar-refractivity contribution in [3.8, 4) is 0 Å². The second-order valence-electron chi connectivity index (χ2n) is 2.62. The van der Waals surface area contributed by atoms with Crippen LogP contribution in [0, 0.1) is 0 Å². The fourth-order valence-corrected chi connectivity index (χ4v) is 1.03. The van der Waals surface area contributed by atoms with Crippen molar-refractivity contribution in [1.82, 2.24) is 0 Å². The molecular formula is C6H11IO2. The molecule has 9 heavy (non-hydrogen) atoms. The van der Waals surface area contributed by atoms with Crippen LogP contribution >= 0.6 is 22.6 Å². The van der Waals surface area contributed by atoms with Gasteiger partial charge in [0.1, 0.15) is 0 Å². The average Bonchev–Trinajstić information content (AvgIpc) is 1.78. The molecule has 0 atom stereocenters. The van der Waals surface area contributed by atoms with Crippen molar-refractivity contribution in [3.05, 3.63) is 0 Å². The maximum atomic E-state index is 5.35. The summed E-state index contributed by atoms with van der Waals surface area (Å²) >= 11 is 2.32. The van der Waals surface area contributed by atoms with E-state index in [2.05, 4.69) is 22.6 Å². The lowest BCUT2D eigenvalue weighted by Gasteiger charge is -2.32. The van der Waals surface area contributed by atoms with Crippen molar-refractivity contribution in [2.24, 2.45) is 0 Å². The maximum absolute atomic E-state index is 5.35. The summed E-state index contributed by atoms with van der Waals surface area (Å²) in [7, 11) is 0. The quantitative estimate of drug-likeness (QED) is 0.474. The first-order chi connectivity index (χ1) is 4.10. The molecule has 1 fully saturated rings. The number of ether oxygens (including phenoxy) is 2. The Balaban J connectivity index is 2.35. The summed E-state index contributed by atoms with van der Waals surface area (Å²) in [6.07, 6.45) is 0. The zero-order valence-electron chi connectivity index (χ0n) is 5.69. The van der Waals surface area contributed by atoms with E-state index in [0.717, 1.165) is 13.2 Å². The maximum Gasteiger partial charge on any atom is 0.162 e. The highest BCUT2D eigenvalue weighted by Crippen LogP contribution is 2.20. The van der Waals surface area contributed by atoms with Gasteiger partial charge in [0.15, 0.2) is 5.79 Å². The van der Waals surface area contributed by atoms with Gasteiger partial charge in [-0.2, -0.15) is 0 Å². The first-order valence-electron chi connectivity index (χ1n) is 3.02. The van der Waals surface area contributed by atoms with Crippen molar-refractivity contribution in [2.45, 2.75) is 23.6 Å². The zero-order valence-corrected chi connectivity index (χ0v) is 7.84. The Hall–Kier alpha value is 0.650. The molecule has 0 aromatic heterocycles. The van der Waals surface area contributed by atoms with Gasteiger partial charge >= 0.3 is 0 Å². The number of hydrogen-bond acceptors (Lipinski definition) is 2. The van der Waals surface area contributed by atoms with Gasteiger partial charge in [0.05, 0.1) is 17.1 Å². The van der Waals surface area contributed by atoms with Gasteiger partial charge in [0.25, 0.3) is 0 Å². The Morgan fingerprint density at radius 1 is 1.33 bits per heavy atom. The molecule has 0 bridgehead atoms. The second-order valence-corrected chi connectivity index (χ2v) is 4.38. The van der Waals surface area contributed by atoms with Crippen LogP contribution in [-0.2, 0) is 9.47 Å². The molecule has 0 saturated carbocycles. The normalized spacial score (nSPS) is 28.3. The lowest BCUT2D eigenvalue weighted by molar-refractivity contribution is -0.239. The van der Waals surface area contributed by atoms with E-state index in [1.807, 2.05) is 13.8 Å². The highest BCUT2D eigenvalue weighted by Gasteiger charge is 2.26. The number of alkyl halides is 1. The van der Waals surface area contributed by atoms with E-state index < -0.39 is 0 Å². The predicted molar refractivity (Wildman–Crippen MR) is 43.8 cm³/mol. The molecular weight excluding hydrogens is 231 g/mol. The average molecular weight is 242 g/mol. The summed E-state index contributed by atoms with van der Waals surface area (Å²) in [5.41, 5.74) is 0. The first-order valence-corrected chi connectivity index (χ1v) is 4.27. The van der Waals surface area contributed by atoms with Crippen LogP contribution in [0.2, 0.25) is 0 Å². The Morgan fingerprint density at radius 2 is 1.78 bits per heavy atom. The minimum Gasteiger partial charge on any atom is -0.349 e. The molecule has 0 spiro atoms. The second kappa shape index (κ2) is 2.72. The van der Waals surface area contributed by atoms with Crippen molar-refractivity contribution in [3.63, 3.8) is 0 Å². The third-order valence-corrected chi connectivity index (χ3v) is 1.94. The Kier molecular flexibility index (Phi) is 2.34. The molecule has 0 radical (unpaired) electrons. The van der Waals surface area contributed by atoms with Crippen LogP contribution in [-0.4, -0.2) is 22.9 Å². The molecule has 0 aliphatic carbocycles. The monoisotopic (exact) mass is 242 g/mol. The van der Waals surface area contributed by atoms with Gasteiger partial charge in [0.2, 0.25) is 0 Å². The van der Waals surface area contributed by atoms with Gasteiger partial charge in [-0.15, -0.1) is 0 Å². The van der Waals surface area contributed by atoms with E-state index in [9.17, 15) is 0 Å². The number of hydrogen-bond donors (Lipinski definition) is 0. The molecule has 2 nitrogen and oxygen atoms in total. The van der Waals surface area contributed by atoms with E-state index in [1.165, 1.54) is 0 Å². The van der Waals surface area contributed by atoms with Crippen LogP contribution in [0.1, 0.15) is 13.8 Å². The fourth-order valence-electron chi connectivity index (χ4n) is 0.672. The summed E-state index contributed by atoms with van der Waals surface area (Å²) in [5, 5.41) is 0. The molecule has 3 heteroatoms. The van der Waals surface area contributed by atoms with Gasteiger partial charge in [-0.25, -0.2) is 0 Å². The highest BCUT2D eigenvalue weighted by molar-refractivity contribution is 14.1. The Bertz CT molecular complexity index is 93.2. The molecule has 1 saturated heterocycles. The lowest BCUT2D eigenvalue weighted by atomic mass is 10.3. The van der Waals surface area contributed by atoms with Crippen LogP contribution in [0.3, 0.4) is 0 Å². The van der Waals surface area contributed by atoms with Crippen LogP contribution in [0.25, 0.3) is 0 Å². The van der Waals surface area contributed by atoms with Crippen molar-refractivity contribution in [2.75, 3.05) is 13.2 Å². The topological polar surface area (TPSA) is 18.5 Å². The van der Waals surface area contributed by atoms with Crippen LogP contribution < -0.4 is 0 Å². The molecule has 0 unspecified atom stereocenters. The van der Waals surface area contributed by atoms with Gasteiger partial charge in [0, 0.05) is 0 Å². The summed E-state index contributed by atoms with van der Waals surface area (Å²) in [6, 6.07) is 0. The van der Waals surface area contributed by atoms with E-state index in [0.29, 0.717) is 3.92 Å². The van der Waals surface area contributed by atoms with E-state index in [4.69, 9.17) is 9.47 Å². The SMILES string of the molecule is CC1(C)OCC(I)CO1. The molecule has 1 aliphatic rings. The van der Waals surface area contributed by atoms with Crippen molar-refractivity contribution >= 4 is 22.6 Å². The number of halogens is 1. The molecule has 54 valence electrons. The Labute approximate surface area is 69.0 Å². The third-order valence-electron chi connectivity index (χ3n) is 1.22. The molecule has 1 rings (SSSR count). The van der Waals surface area contributed by atoms with Crippen molar-refractivity contribution in [1.29, 1.82) is 0 Å². The van der Waals surface area contributed by atoms with Crippen LogP contribution in [0.5, 0.6) is 0 Å². The third kappa shape index (κ3) is 2.39. The minimum absolute atomic E-state index is 0.346. The molecule has 1 heterocycles. The molecule has 1 aliphatic heterocycles. The summed E-state index contributed by atoms with van der Waals surface area (Å²) in [6.45, 7) is 5.51. The van der Waals surface area contributed by atoms with E-state index >= 15 is 0 Å². The van der Waals surface area contributed by atoms with Gasteiger partial charge in [-0.1, -0.05) is 22.6 Å². The standard InChI is InChI=1S/C6H11IO2/c1-6(2)8-3-5(7)4-9-6/h5H,3-4H2,1-2H3. The van der Waals surface area contributed by atoms with Crippen LogP contribution in [0.15, 0.2) is 0 Å². The van der Waals surface area contributed by atoms with E-state index in [1.54, 1.807) is 0 Å². The smallest absolute Gasteiger partial charge is 0.162 e.